The second-order valence-electron chi connectivity index (χ2n) is 6.96. The molecule has 0 saturated carbocycles. The Hall–Kier alpha value is -2.53. The largest absolute Gasteiger partial charge is 0.312 e. The Morgan fingerprint density at radius 3 is 2.81 bits per heavy atom. The minimum atomic E-state index is -0.273. The molecule has 0 fully saturated rings. The normalized spacial score (nSPS) is 16.3. The smallest absolute Gasteiger partial charge is 0.274 e. The third kappa shape index (κ3) is 3.03. The lowest BCUT2D eigenvalue weighted by Gasteiger charge is -2.18. The first-order valence-electron chi connectivity index (χ1n) is 8.85. The summed E-state index contributed by atoms with van der Waals surface area (Å²) in [5, 5.41) is 4.60. The molecule has 0 spiro atoms. The van der Waals surface area contributed by atoms with Crippen molar-refractivity contribution in [1.29, 1.82) is 0 Å². The van der Waals surface area contributed by atoms with E-state index in [1.807, 2.05) is 30.3 Å². The molecule has 1 N–H and O–H groups in total. The van der Waals surface area contributed by atoms with Crippen LogP contribution >= 0.6 is 11.3 Å². The summed E-state index contributed by atoms with van der Waals surface area (Å²) in [4.78, 5) is 30.6. The van der Waals surface area contributed by atoms with Gasteiger partial charge in [-0.1, -0.05) is 31.2 Å². The number of aromatic nitrogens is 1. The number of nitrogens with one attached hydrogen (secondary N) is 1. The lowest BCUT2D eigenvalue weighted by Crippen LogP contribution is -2.15. The Kier molecular flexibility index (Phi) is 4.32. The summed E-state index contributed by atoms with van der Waals surface area (Å²) < 4.78 is 0. The van der Waals surface area contributed by atoms with Crippen LogP contribution in [0.1, 0.15) is 51.6 Å². The molecule has 0 radical (unpaired) electrons. The van der Waals surface area contributed by atoms with Crippen molar-refractivity contribution in [2.24, 2.45) is 5.92 Å². The molecular formula is C21H20N2O2S. The highest BCUT2D eigenvalue weighted by molar-refractivity contribution is 7.17. The molecule has 1 aromatic carbocycles. The van der Waals surface area contributed by atoms with E-state index in [1.54, 1.807) is 24.3 Å². The molecular weight excluding hydrogens is 344 g/mol. The van der Waals surface area contributed by atoms with Crippen LogP contribution in [0.25, 0.3) is 10.9 Å². The maximum absolute atomic E-state index is 12.7. The van der Waals surface area contributed by atoms with Crippen LogP contribution < -0.4 is 5.32 Å². The number of para-hydroxylation sites is 1. The molecule has 26 heavy (non-hydrogen) atoms. The Bertz CT molecular complexity index is 1020. The highest BCUT2D eigenvalue weighted by Gasteiger charge is 2.27. The first kappa shape index (κ1) is 16.9. The molecule has 0 unspecified atom stereocenters. The summed E-state index contributed by atoms with van der Waals surface area (Å²) in [6.07, 6.45) is 2.97. The van der Waals surface area contributed by atoms with Gasteiger partial charge in [0.1, 0.15) is 10.7 Å². The van der Waals surface area contributed by atoms with E-state index < -0.39 is 0 Å². The SMILES string of the molecule is CC(=O)c1c(NC(=O)c2ccc3ccccc3n2)sc2c1CC[C@H](C)C2. The Labute approximate surface area is 156 Å². The van der Waals surface area contributed by atoms with Crippen LogP contribution in [-0.2, 0) is 12.8 Å². The van der Waals surface area contributed by atoms with Gasteiger partial charge in [0.15, 0.2) is 5.78 Å². The van der Waals surface area contributed by atoms with Crippen LogP contribution in [0.5, 0.6) is 0 Å². The fraction of sp³-hybridized carbons (Fsp3) is 0.286. The van der Waals surface area contributed by atoms with Crippen molar-refractivity contribution in [1.82, 2.24) is 4.98 Å². The summed E-state index contributed by atoms with van der Waals surface area (Å²) in [6, 6.07) is 11.3. The number of hydrogen-bond donors (Lipinski definition) is 1. The van der Waals surface area contributed by atoms with Gasteiger partial charge in [0.05, 0.1) is 11.1 Å². The fourth-order valence-electron chi connectivity index (χ4n) is 3.57. The number of ketones is 1. The van der Waals surface area contributed by atoms with Crippen LogP contribution in [0.15, 0.2) is 36.4 Å². The van der Waals surface area contributed by atoms with Gasteiger partial charge >= 0.3 is 0 Å². The summed E-state index contributed by atoms with van der Waals surface area (Å²) in [5.74, 6) is 0.357. The first-order valence-corrected chi connectivity index (χ1v) is 9.67. The summed E-state index contributed by atoms with van der Waals surface area (Å²) >= 11 is 1.54. The predicted molar refractivity (Wildman–Crippen MR) is 105 cm³/mol. The Balaban J connectivity index is 1.67. The van der Waals surface area contributed by atoms with Crippen molar-refractivity contribution in [3.8, 4) is 0 Å². The van der Waals surface area contributed by atoms with E-state index in [0.717, 1.165) is 35.7 Å². The van der Waals surface area contributed by atoms with E-state index in [0.29, 0.717) is 22.2 Å². The van der Waals surface area contributed by atoms with Crippen molar-refractivity contribution in [2.45, 2.75) is 33.1 Å². The summed E-state index contributed by atoms with van der Waals surface area (Å²) in [6.45, 7) is 3.80. The van der Waals surface area contributed by atoms with Crippen molar-refractivity contribution in [3.63, 3.8) is 0 Å². The number of nitrogens with zero attached hydrogens (tertiary/aromatic N) is 1. The third-order valence-corrected chi connectivity index (χ3v) is 6.09. The third-order valence-electron chi connectivity index (χ3n) is 4.92. The van der Waals surface area contributed by atoms with Gasteiger partial charge in [0, 0.05) is 10.3 Å². The zero-order chi connectivity index (χ0) is 18.3. The van der Waals surface area contributed by atoms with E-state index in [-0.39, 0.29) is 11.7 Å². The van der Waals surface area contributed by atoms with Crippen molar-refractivity contribution in [2.75, 3.05) is 5.32 Å². The number of hydrogen-bond acceptors (Lipinski definition) is 4. The molecule has 1 atom stereocenters. The van der Waals surface area contributed by atoms with Gasteiger partial charge in [-0.05, 0) is 49.8 Å². The number of thiophene rings is 1. The zero-order valence-corrected chi connectivity index (χ0v) is 15.7. The molecule has 4 rings (SSSR count). The van der Waals surface area contributed by atoms with Crippen molar-refractivity contribution < 1.29 is 9.59 Å². The van der Waals surface area contributed by atoms with E-state index in [9.17, 15) is 9.59 Å². The number of rotatable bonds is 3. The highest BCUT2D eigenvalue weighted by Crippen LogP contribution is 2.40. The van der Waals surface area contributed by atoms with Gasteiger partial charge in [-0.25, -0.2) is 4.98 Å². The first-order chi connectivity index (χ1) is 12.5. The average Bonchev–Trinajstić information content (AvgIpc) is 2.98. The second-order valence-corrected chi connectivity index (χ2v) is 8.06. The zero-order valence-electron chi connectivity index (χ0n) is 14.8. The van der Waals surface area contributed by atoms with Crippen molar-refractivity contribution in [3.05, 3.63) is 58.1 Å². The minimum Gasteiger partial charge on any atom is -0.312 e. The van der Waals surface area contributed by atoms with E-state index in [4.69, 9.17) is 0 Å². The van der Waals surface area contributed by atoms with E-state index in [1.165, 1.54) is 4.88 Å². The number of amides is 1. The maximum atomic E-state index is 12.7. The summed E-state index contributed by atoms with van der Waals surface area (Å²) in [7, 11) is 0. The lowest BCUT2D eigenvalue weighted by atomic mass is 9.88. The number of benzene rings is 1. The van der Waals surface area contributed by atoms with Gasteiger partial charge in [0.25, 0.3) is 5.91 Å². The van der Waals surface area contributed by atoms with Crippen LogP contribution in [0.3, 0.4) is 0 Å². The molecule has 3 aromatic rings. The molecule has 2 aromatic heterocycles. The van der Waals surface area contributed by atoms with Gasteiger partial charge in [-0.15, -0.1) is 11.3 Å². The molecule has 1 aliphatic rings. The molecule has 0 bridgehead atoms. The fourth-order valence-corrected chi connectivity index (χ4v) is 5.03. The summed E-state index contributed by atoms with van der Waals surface area (Å²) in [5.41, 5.74) is 2.96. The molecule has 1 aliphatic carbocycles. The number of anilines is 1. The van der Waals surface area contributed by atoms with Crippen LogP contribution in [0, 0.1) is 5.92 Å². The molecule has 1 amide bonds. The average molecular weight is 364 g/mol. The topological polar surface area (TPSA) is 59.1 Å². The molecule has 0 aliphatic heterocycles. The molecule has 4 nitrogen and oxygen atoms in total. The van der Waals surface area contributed by atoms with Gasteiger partial charge in [-0.2, -0.15) is 0 Å². The lowest BCUT2D eigenvalue weighted by molar-refractivity contribution is 0.101. The quantitative estimate of drug-likeness (QED) is 0.674. The van der Waals surface area contributed by atoms with Gasteiger partial charge in [-0.3, -0.25) is 9.59 Å². The maximum Gasteiger partial charge on any atom is 0.274 e. The van der Waals surface area contributed by atoms with Crippen LogP contribution in [0.2, 0.25) is 0 Å². The standard InChI is InChI=1S/C21H20N2O2S/c1-12-7-9-15-18(11-12)26-21(19(15)13(2)24)23-20(25)17-10-8-14-5-3-4-6-16(14)22-17/h3-6,8,10,12H,7,9,11H2,1-2H3,(H,23,25)/t12-/m0/s1. The molecule has 2 heterocycles. The Morgan fingerprint density at radius 1 is 1.19 bits per heavy atom. The molecule has 5 heteroatoms. The number of pyridine rings is 1. The number of Topliss-reactive ketones (excluding diaryl/α,β-unsaturated/α-hetero) is 1. The predicted octanol–water partition coefficient (Wildman–Crippen LogP) is 4.88. The number of fused-ring (bicyclic) bond motifs is 2. The monoisotopic (exact) mass is 364 g/mol. The van der Waals surface area contributed by atoms with Gasteiger partial charge in [0.2, 0.25) is 0 Å². The van der Waals surface area contributed by atoms with Gasteiger partial charge < -0.3 is 5.32 Å². The van der Waals surface area contributed by atoms with Crippen LogP contribution in [0.4, 0.5) is 5.00 Å². The van der Waals surface area contributed by atoms with E-state index in [2.05, 4.69) is 17.2 Å². The molecule has 132 valence electrons. The minimum absolute atomic E-state index is 0.0128. The highest BCUT2D eigenvalue weighted by atomic mass is 32.1. The molecule has 0 saturated heterocycles. The second kappa shape index (κ2) is 6.65. The van der Waals surface area contributed by atoms with E-state index >= 15 is 0 Å². The number of carbonyl (C=O) groups excluding carboxylic acids is 2. The van der Waals surface area contributed by atoms with Crippen molar-refractivity contribution >= 4 is 38.9 Å². The van der Waals surface area contributed by atoms with Crippen LogP contribution in [-0.4, -0.2) is 16.7 Å². The Morgan fingerprint density at radius 2 is 2.00 bits per heavy atom. The number of carbonyl (C=O) groups is 2.